The van der Waals surface area contributed by atoms with E-state index in [4.69, 9.17) is 0 Å². The minimum atomic E-state index is -0.0417. The molecule has 1 fully saturated rings. The summed E-state index contributed by atoms with van der Waals surface area (Å²) < 4.78 is 1.88. The molecule has 134 valence electrons. The molecule has 1 N–H and O–H groups in total. The highest BCUT2D eigenvalue weighted by atomic mass is 16.2. The Morgan fingerprint density at radius 2 is 2.04 bits per heavy atom. The second kappa shape index (κ2) is 7.40. The maximum absolute atomic E-state index is 12.9. The van der Waals surface area contributed by atoms with Gasteiger partial charge < -0.3 is 5.32 Å². The Balaban J connectivity index is 1.67. The Kier molecular flexibility index (Phi) is 5.23. The van der Waals surface area contributed by atoms with Gasteiger partial charge in [0.25, 0.3) is 0 Å². The molecule has 1 aliphatic heterocycles. The molecule has 2 unspecified atom stereocenters. The molecule has 5 nitrogen and oxygen atoms in total. The van der Waals surface area contributed by atoms with Crippen LogP contribution in [0.4, 0.5) is 0 Å². The van der Waals surface area contributed by atoms with Crippen molar-refractivity contribution in [3.05, 3.63) is 52.8 Å². The molecular weight excluding hydrogens is 312 g/mol. The van der Waals surface area contributed by atoms with Crippen LogP contribution in [-0.2, 0) is 18.4 Å². The number of amides is 1. The van der Waals surface area contributed by atoms with E-state index in [1.807, 2.05) is 31.6 Å². The number of aromatic nitrogens is 2. The zero-order chi connectivity index (χ0) is 18.0. The summed E-state index contributed by atoms with van der Waals surface area (Å²) in [5.41, 5.74) is 4.48. The first-order valence-corrected chi connectivity index (χ1v) is 9.06. The zero-order valence-corrected chi connectivity index (χ0v) is 15.6. The van der Waals surface area contributed by atoms with Gasteiger partial charge in [-0.15, -0.1) is 0 Å². The molecule has 0 radical (unpaired) electrons. The first kappa shape index (κ1) is 17.7. The number of carbonyl (C=O) groups is 1. The summed E-state index contributed by atoms with van der Waals surface area (Å²) in [6.45, 7) is 7.91. The second-order valence-electron chi connectivity index (χ2n) is 7.05. The lowest BCUT2D eigenvalue weighted by Gasteiger charge is -2.25. The molecule has 1 saturated heterocycles. The van der Waals surface area contributed by atoms with E-state index < -0.39 is 0 Å². The molecule has 0 aliphatic carbocycles. The first-order valence-electron chi connectivity index (χ1n) is 9.06. The SMILES string of the molecule is Cc1nn(C)c(C)c1C(C)NC(=O)C1CCCN1Cc1ccccc1. The van der Waals surface area contributed by atoms with E-state index in [9.17, 15) is 4.79 Å². The molecule has 5 heteroatoms. The second-order valence-corrected chi connectivity index (χ2v) is 7.05. The monoisotopic (exact) mass is 340 g/mol. The molecule has 1 aromatic heterocycles. The maximum atomic E-state index is 12.9. The van der Waals surface area contributed by atoms with Crippen LogP contribution in [0.15, 0.2) is 30.3 Å². The number of hydrogen-bond acceptors (Lipinski definition) is 3. The van der Waals surface area contributed by atoms with Crippen LogP contribution in [0, 0.1) is 13.8 Å². The fourth-order valence-corrected chi connectivity index (χ4v) is 3.93. The van der Waals surface area contributed by atoms with Crippen molar-refractivity contribution in [1.29, 1.82) is 0 Å². The molecule has 1 amide bonds. The number of rotatable bonds is 5. The number of likely N-dealkylation sites (tertiary alicyclic amines) is 1. The Morgan fingerprint density at radius 1 is 1.32 bits per heavy atom. The lowest BCUT2D eigenvalue weighted by molar-refractivity contribution is -0.126. The van der Waals surface area contributed by atoms with E-state index >= 15 is 0 Å². The Bertz CT molecular complexity index is 738. The van der Waals surface area contributed by atoms with Gasteiger partial charge in [-0.25, -0.2) is 0 Å². The highest BCUT2D eigenvalue weighted by molar-refractivity contribution is 5.82. The summed E-state index contributed by atoms with van der Waals surface area (Å²) in [5, 5.41) is 7.68. The minimum Gasteiger partial charge on any atom is -0.348 e. The van der Waals surface area contributed by atoms with E-state index in [2.05, 4.69) is 46.5 Å². The van der Waals surface area contributed by atoms with E-state index in [1.54, 1.807) is 0 Å². The van der Waals surface area contributed by atoms with Crippen molar-refractivity contribution < 1.29 is 4.79 Å². The largest absolute Gasteiger partial charge is 0.348 e. The number of hydrogen-bond donors (Lipinski definition) is 1. The highest BCUT2D eigenvalue weighted by Gasteiger charge is 2.32. The molecule has 0 saturated carbocycles. The van der Waals surface area contributed by atoms with Crippen molar-refractivity contribution in [2.75, 3.05) is 6.54 Å². The molecule has 0 bridgehead atoms. The molecule has 0 spiro atoms. The van der Waals surface area contributed by atoms with Crippen LogP contribution in [0.1, 0.15) is 48.3 Å². The topological polar surface area (TPSA) is 50.2 Å². The maximum Gasteiger partial charge on any atom is 0.237 e. The van der Waals surface area contributed by atoms with Crippen molar-refractivity contribution in [3.8, 4) is 0 Å². The van der Waals surface area contributed by atoms with Crippen LogP contribution >= 0.6 is 0 Å². The third-order valence-electron chi connectivity index (χ3n) is 5.25. The molecule has 2 aromatic rings. The van der Waals surface area contributed by atoms with Crippen LogP contribution in [0.3, 0.4) is 0 Å². The fraction of sp³-hybridized carbons (Fsp3) is 0.500. The minimum absolute atomic E-state index is 0.0274. The number of nitrogens with one attached hydrogen (secondary N) is 1. The number of aryl methyl sites for hydroxylation is 2. The standard InChI is InChI=1S/C20H28N4O/c1-14(19-15(2)22-23(4)16(19)3)21-20(25)18-11-8-12-24(18)13-17-9-6-5-7-10-17/h5-7,9-10,14,18H,8,11-13H2,1-4H3,(H,21,25). The van der Waals surface area contributed by atoms with E-state index in [1.165, 1.54) is 5.56 Å². The van der Waals surface area contributed by atoms with Gasteiger partial charge in [0.1, 0.15) is 0 Å². The van der Waals surface area contributed by atoms with E-state index in [0.717, 1.165) is 42.9 Å². The molecule has 25 heavy (non-hydrogen) atoms. The van der Waals surface area contributed by atoms with E-state index in [-0.39, 0.29) is 18.0 Å². The van der Waals surface area contributed by atoms with Crippen LogP contribution < -0.4 is 5.32 Å². The normalized spacial score (nSPS) is 19.1. The summed E-state index contributed by atoms with van der Waals surface area (Å²) in [4.78, 5) is 15.2. The average molecular weight is 340 g/mol. The number of carbonyl (C=O) groups excluding carboxylic acids is 1. The highest BCUT2D eigenvalue weighted by Crippen LogP contribution is 2.24. The number of benzene rings is 1. The lowest BCUT2D eigenvalue weighted by Crippen LogP contribution is -2.43. The van der Waals surface area contributed by atoms with Gasteiger partial charge in [0, 0.05) is 24.8 Å². The third-order valence-corrected chi connectivity index (χ3v) is 5.25. The smallest absolute Gasteiger partial charge is 0.237 e. The van der Waals surface area contributed by atoms with Gasteiger partial charge >= 0.3 is 0 Å². The van der Waals surface area contributed by atoms with Gasteiger partial charge in [0.2, 0.25) is 5.91 Å². The van der Waals surface area contributed by atoms with Crippen molar-refractivity contribution in [3.63, 3.8) is 0 Å². The summed E-state index contributed by atoms with van der Waals surface area (Å²) in [6.07, 6.45) is 2.00. The van der Waals surface area contributed by atoms with Crippen molar-refractivity contribution in [2.24, 2.45) is 7.05 Å². The van der Waals surface area contributed by atoms with Crippen LogP contribution in [0.25, 0.3) is 0 Å². The van der Waals surface area contributed by atoms with Gasteiger partial charge in [-0.2, -0.15) is 5.10 Å². The summed E-state index contributed by atoms with van der Waals surface area (Å²) in [7, 11) is 1.94. The molecular formula is C20H28N4O. The van der Waals surface area contributed by atoms with Crippen molar-refractivity contribution in [2.45, 2.75) is 52.2 Å². The van der Waals surface area contributed by atoms with Crippen LogP contribution in [-0.4, -0.2) is 33.2 Å². The molecule has 1 aliphatic rings. The molecule has 2 atom stereocenters. The van der Waals surface area contributed by atoms with Gasteiger partial charge in [-0.3, -0.25) is 14.4 Å². The summed E-state index contributed by atoms with van der Waals surface area (Å²) in [6, 6.07) is 10.3. The molecule has 1 aromatic carbocycles. The molecule has 3 rings (SSSR count). The van der Waals surface area contributed by atoms with Gasteiger partial charge in [0.05, 0.1) is 17.8 Å². The lowest BCUT2D eigenvalue weighted by atomic mass is 10.1. The fourth-order valence-electron chi connectivity index (χ4n) is 3.93. The van der Waals surface area contributed by atoms with Gasteiger partial charge in [-0.1, -0.05) is 30.3 Å². The van der Waals surface area contributed by atoms with E-state index in [0.29, 0.717) is 0 Å². The summed E-state index contributed by atoms with van der Waals surface area (Å²) >= 11 is 0. The Hall–Kier alpha value is -2.14. The van der Waals surface area contributed by atoms with Gasteiger partial charge in [-0.05, 0) is 45.7 Å². The van der Waals surface area contributed by atoms with Crippen molar-refractivity contribution >= 4 is 5.91 Å². The Labute approximate surface area is 150 Å². The predicted octanol–water partition coefficient (Wildman–Crippen LogP) is 2.88. The average Bonchev–Trinajstić information content (AvgIpc) is 3.13. The number of nitrogens with zero attached hydrogens (tertiary/aromatic N) is 3. The van der Waals surface area contributed by atoms with Crippen LogP contribution in [0.2, 0.25) is 0 Å². The quantitative estimate of drug-likeness (QED) is 0.910. The van der Waals surface area contributed by atoms with Gasteiger partial charge in [0.15, 0.2) is 0 Å². The predicted molar refractivity (Wildman–Crippen MR) is 99.1 cm³/mol. The van der Waals surface area contributed by atoms with Crippen LogP contribution in [0.5, 0.6) is 0 Å². The Morgan fingerprint density at radius 3 is 2.68 bits per heavy atom. The van der Waals surface area contributed by atoms with Crippen molar-refractivity contribution in [1.82, 2.24) is 20.0 Å². The first-order chi connectivity index (χ1) is 12.0. The zero-order valence-electron chi connectivity index (χ0n) is 15.6. The third kappa shape index (κ3) is 3.76. The molecule has 2 heterocycles. The summed E-state index contributed by atoms with van der Waals surface area (Å²) in [5.74, 6) is 0.128.